The molecule has 0 fully saturated rings. The quantitative estimate of drug-likeness (QED) is 0.526. The molecule has 0 spiro atoms. The lowest BCUT2D eigenvalue weighted by molar-refractivity contribution is 0.0958. The molecule has 1 heterocycles. The molecule has 6 nitrogen and oxygen atoms in total. The van der Waals surface area contributed by atoms with Gasteiger partial charge in [-0.3, -0.25) is 19.0 Å². The van der Waals surface area contributed by atoms with E-state index in [-0.39, 0.29) is 5.78 Å². The summed E-state index contributed by atoms with van der Waals surface area (Å²) in [4.78, 5) is 45.0. The molecule has 0 aliphatic carbocycles. The van der Waals surface area contributed by atoms with Gasteiger partial charge in [0.2, 0.25) is 0 Å². The van der Waals surface area contributed by atoms with E-state index in [4.69, 9.17) is 0 Å². The van der Waals surface area contributed by atoms with Crippen molar-refractivity contribution >= 4 is 17.9 Å². The number of hydrogen-bond donors (Lipinski definition) is 0. The van der Waals surface area contributed by atoms with Crippen LogP contribution in [-0.4, -0.2) is 27.5 Å². The molecule has 3 aromatic rings. The Morgan fingerprint density at radius 3 is 2.15 bits per heavy atom. The highest BCUT2D eigenvalue weighted by molar-refractivity contribution is 6.10. The van der Waals surface area contributed by atoms with Crippen molar-refractivity contribution in [1.82, 2.24) is 9.55 Å². The van der Waals surface area contributed by atoms with E-state index in [2.05, 4.69) is 9.98 Å². The monoisotopic (exact) mass is 345 g/mol. The molecule has 26 heavy (non-hydrogen) atoms. The standard InChI is InChI=1S/C20H15N3O3/c24-18-11-12-21-14-23(18)17(19(25)15-7-3-1-4-8-15)13-22-20(26)16-9-5-2-6-10-16/h1-14,17H. The molecule has 0 aliphatic rings. The van der Waals surface area contributed by atoms with E-state index in [1.165, 1.54) is 24.8 Å². The van der Waals surface area contributed by atoms with Crippen LogP contribution in [0.1, 0.15) is 26.8 Å². The Bertz CT molecular complexity index is 995. The smallest absolute Gasteiger partial charge is 0.276 e. The van der Waals surface area contributed by atoms with Crippen molar-refractivity contribution in [1.29, 1.82) is 0 Å². The number of ketones is 1. The van der Waals surface area contributed by atoms with Crippen LogP contribution in [0.15, 0.2) is 89.0 Å². The molecule has 0 N–H and O–H groups in total. The number of aliphatic imine (C=N–C) groups is 1. The summed E-state index contributed by atoms with van der Waals surface area (Å²) >= 11 is 0. The highest BCUT2D eigenvalue weighted by Crippen LogP contribution is 2.12. The van der Waals surface area contributed by atoms with Gasteiger partial charge in [0.1, 0.15) is 6.04 Å². The van der Waals surface area contributed by atoms with E-state index in [9.17, 15) is 14.4 Å². The molecular formula is C20H15N3O3. The van der Waals surface area contributed by atoms with Crippen molar-refractivity contribution in [2.24, 2.45) is 4.99 Å². The fourth-order valence-corrected chi connectivity index (χ4v) is 2.40. The zero-order valence-electron chi connectivity index (χ0n) is 13.7. The van der Waals surface area contributed by atoms with Gasteiger partial charge in [-0.25, -0.2) is 9.98 Å². The maximum Gasteiger partial charge on any atom is 0.276 e. The average molecular weight is 345 g/mol. The van der Waals surface area contributed by atoms with E-state index < -0.39 is 17.5 Å². The summed E-state index contributed by atoms with van der Waals surface area (Å²) in [5.41, 5.74) is 0.396. The average Bonchev–Trinajstić information content (AvgIpc) is 2.70. The Hall–Kier alpha value is -3.67. The number of rotatable bonds is 5. The summed E-state index contributed by atoms with van der Waals surface area (Å²) in [5.74, 6) is -0.848. The Balaban J connectivity index is 1.97. The van der Waals surface area contributed by atoms with Crippen LogP contribution in [0.5, 0.6) is 0 Å². The van der Waals surface area contributed by atoms with Crippen molar-refractivity contribution in [3.63, 3.8) is 0 Å². The van der Waals surface area contributed by atoms with E-state index in [1.54, 1.807) is 60.7 Å². The lowest BCUT2D eigenvalue weighted by Crippen LogP contribution is -2.30. The van der Waals surface area contributed by atoms with Gasteiger partial charge in [-0.2, -0.15) is 0 Å². The fraction of sp³-hybridized carbons (Fsp3) is 0.0500. The van der Waals surface area contributed by atoms with Gasteiger partial charge in [0.05, 0.1) is 6.33 Å². The highest BCUT2D eigenvalue weighted by Gasteiger charge is 2.21. The molecule has 2 aromatic carbocycles. The summed E-state index contributed by atoms with van der Waals surface area (Å²) in [6.07, 6.45) is 3.79. The molecule has 0 radical (unpaired) electrons. The lowest BCUT2D eigenvalue weighted by atomic mass is 10.0. The Kier molecular flexibility index (Phi) is 5.24. The Labute approximate surface area is 149 Å². The molecule has 0 saturated heterocycles. The molecule has 3 rings (SSSR count). The number of Topliss-reactive ketones (excluding diaryl/α,β-unsaturated/α-hetero) is 1. The minimum atomic E-state index is -1.06. The second kappa shape index (κ2) is 7.94. The van der Waals surface area contributed by atoms with Crippen LogP contribution in [0.3, 0.4) is 0 Å². The molecular weight excluding hydrogens is 330 g/mol. The fourth-order valence-electron chi connectivity index (χ4n) is 2.40. The number of carbonyl (C=O) groups is 2. The first-order valence-electron chi connectivity index (χ1n) is 7.92. The van der Waals surface area contributed by atoms with Crippen LogP contribution in [0.4, 0.5) is 0 Å². The predicted molar refractivity (Wildman–Crippen MR) is 97.6 cm³/mol. The molecule has 1 amide bonds. The zero-order valence-corrected chi connectivity index (χ0v) is 13.7. The third-order valence-corrected chi connectivity index (χ3v) is 3.73. The summed E-state index contributed by atoms with van der Waals surface area (Å²) in [6, 6.07) is 17.2. The van der Waals surface area contributed by atoms with E-state index >= 15 is 0 Å². The summed E-state index contributed by atoms with van der Waals surface area (Å²) in [6.45, 7) is 0. The topological polar surface area (TPSA) is 81.4 Å². The van der Waals surface area contributed by atoms with Gasteiger partial charge < -0.3 is 0 Å². The van der Waals surface area contributed by atoms with Crippen LogP contribution in [0.25, 0.3) is 0 Å². The van der Waals surface area contributed by atoms with Gasteiger partial charge in [0.15, 0.2) is 5.78 Å². The Morgan fingerprint density at radius 2 is 1.54 bits per heavy atom. The minimum Gasteiger partial charge on any atom is -0.291 e. The number of hydrogen-bond acceptors (Lipinski definition) is 4. The van der Waals surface area contributed by atoms with Crippen LogP contribution in [0, 0.1) is 0 Å². The van der Waals surface area contributed by atoms with Crippen molar-refractivity contribution in [2.75, 3.05) is 0 Å². The normalized spacial score (nSPS) is 12.0. The SMILES string of the molecule is O=C(N=CC(C(=O)c1ccccc1)n1cnccc1=O)c1ccccc1. The highest BCUT2D eigenvalue weighted by atomic mass is 16.2. The van der Waals surface area contributed by atoms with Crippen LogP contribution >= 0.6 is 0 Å². The van der Waals surface area contributed by atoms with E-state index in [0.29, 0.717) is 11.1 Å². The van der Waals surface area contributed by atoms with Crippen molar-refractivity contribution in [3.8, 4) is 0 Å². The number of carbonyl (C=O) groups excluding carboxylic acids is 2. The van der Waals surface area contributed by atoms with Gasteiger partial charge in [-0.05, 0) is 12.1 Å². The first-order valence-corrected chi connectivity index (χ1v) is 7.92. The predicted octanol–water partition coefficient (Wildman–Crippen LogP) is 2.58. The minimum absolute atomic E-state index is 0.356. The third-order valence-electron chi connectivity index (χ3n) is 3.73. The molecule has 1 aromatic heterocycles. The van der Waals surface area contributed by atoms with Gasteiger partial charge in [-0.1, -0.05) is 48.5 Å². The van der Waals surface area contributed by atoms with E-state index in [1.807, 2.05) is 0 Å². The Morgan fingerprint density at radius 1 is 0.923 bits per heavy atom. The van der Waals surface area contributed by atoms with E-state index in [0.717, 1.165) is 4.57 Å². The summed E-state index contributed by atoms with van der Waals surface area (Å²) in [5, 5.41) is 0. The zero-order chi connectivity index (χ0) is 18.4. The molecule has 0 aliphatic heterocycles. The molecule has 0 bridgehead atoms. The van der Waals surface area contributed by atoms with Gasteiger partial charge in [0, 0.05) is 29.6 Å². The second-order valence-corrected chi connectivity index (χ2v) is 5.45. The summed E-state index contributed by atoms with van der Waals surface area (Å²) in [7, 11) is 0. The third kappa shape index (κ3) is 3.87. The first kappa shape index (κ1) is 17.2. The van der Waals surface area contributed by atoms with Gasteiger partial charge >= 0.3 is 0 Å². The molecule has 6 heteroatoms. The molecule has 1 unspecified atom stereocenters. The number of nitrogens with zero attached hydrogens (tertiary/aromatic N) is 3. The van der Waals surface area contributed by atoms with Crippen LogP contribution in [0.2, 0.25) is 0 Å². The summed E-state index contributed by atoms with van der Waals surface area (Å²) < 4.78 is 1.15. The van der Waals surface area contributed by atoms with Gasteiger partial charge in [0.25, 0.3) is 11.5 Å². The maximum absolute atomic E-state index is 12.9. The van der Waals surface area contributed by atoms with Crippen molar-refractivity contribution < 1.29 is 9.59 Å². The molecule has 1 atom stereocenters. The van der Waals surface area contributed by atoms with Crippen molar-refractivity contribution in [2.45, 2.75) is 6.04 Å². The largest absolute Gasteiger partial charge is 0.291 e. The second-order valence-electron chi connectivity index (χ2n) is 5.45. The molecule has 128 valence electrons. The maximum atomic E-state index is 12.9. The number of amides is 1. The van der Waals surface area contributed by atoms with Crippen LogP contribution < -0.4 is 5.56 Å². The number of aromatic nitrogens is 2. The van der Waals surface area contributed by atoms with Gasteiger partial charge in [-0.15, -0.1) is 0 Å². The van der Waals surface area contributed by atoms with Crippen LogP contribution in [-0.2, 0) is 0 Å². The first-order chi connectivity index (χ1) is 12.7. The molecule has 0 saturated carbocycles. The number of benzene rings is 2. The lowest BCUT2D eigenvalue weighted by Gasteiger charge is -2.13. The van der Waals surface area contributed by atoms with Crippen molar-refractivity contribution in [3.05, 3.63) is 101 Å².